The Morgan fingerprint density at radius 2 is 1.67 bits per heavy atom. The molecule has 0 fully saturated rings. The molecule has 0 atom stereocenters. The number of para-hydroxylation sites is 1. The molecule has 0 radical (unpaired) electrons. The minimum atomic E-state index is -3.70. The summed E-state index contributed by atoms with van der Waals surface area (Å²) in [6, 6.07) is 22.8. The second kappa shape index (κ2) is 10.2. The fraction of sp³-hybridized carbons (Fsp3) is 0.171. The SMILES string of the molecule is CCS(=O)(=O)Nc1cc2oc(-c3ccc(F)cc3)c(C(=O)NC)c2cc1-c1ccc2c(c1)-c1[nH]c3ccccc3c1C(C)(C)O2. The molecule has 6 aromatic rings. The van der Waals surface area contributed by atoms with Crippen LogP contribution in [0.15, 0.2) is 83.3 Å². The number of hydrogen-bond acceptors (Lipinski definition) is 5. The zero-order valence-electron chi connectivity index (χ0n) is 25.0. The predicted molar refractivity (Wildman–Crippen MR) is 174 cm³/mol. The van der Waals surface area contributed by atoms with Crippen LogP contribution < -0.4 is 14.8 Å². The van der Waals surface area contributed by atoms with Crippen LogP contribution in [-0.4, -0.2) is 32.1 Å². The third-order valence-corrected chi connectivity index (χ3v) is 9.56. The van der Waals surface area contributed by atoms with E-state index in [9.17, 15) is 17.6 Å². The first kappa shape index (κ1) is 28.7. The first-order chi connectivity index (χ1) is 21.5. The summed E-state index contributed by atoms with van der Waals surface area (Å²) in [7, 11) is -2.18. The van der Waals surface area contributed by atoms with Gasteiger partial charge in [0.15, 0.2) is 0 Å². The maximum Gasteiger partial charge on any atom is 0.255 e. The van der Waals surface area contributed by atoms with Crippen LogP contribution in [-0.2, 0) is 15.6 Å². The number of anilines is 1. The largest absolute Gasteiger partial charge is 0.482 e. The molecule has 10 heteroatoms. The van der Waals surface area contributed by atoms with Crippen molar-refractivity contribution >= 4 is 43.5 Å². The minimum absolute atomic E-state index is 0.140. The lowest BCUT2D eigenvalue weighted by Crippen LogP contribution is -2.28. The van der Waals surface area contributed by atoms with Crippen molar-refractivity contribution in [3.63, 3.8) is 0 Å². The van der Waals surface area contributed by atoms with Crippen molar-refractivity contribution in [3.05, 3.63) is 95.8 Å². The van der Waals surface area contributed by atoms with Gasteiger partial charge in [0.1, 0.15) is 28.5 Å². The molecule has 228 valence electrons. The summed E-state index contributed by atoms with van der Waals surface area (Å²) in [6.07, 6.45) is 0. The van der Waals surface area contributed by atoms with E-state index in [1.54, 1.807) is 19.1 Å². The number of rotatable bonds is 6. The Kier molecular flexibility index (Phi) is 6.52. The van der Waals surface area contributed by atoms with E-state index in [2.05, 4.69) is 21.1 Å². The van der Waals surface area contributed by atoms with Gasteiger partial charge in [0.25, 0.3) is 5.91 Å². The quantitative estimate of drug-likeness (QED) is 0.175. The minimum Gasteiger partial charge on any atom is -0.482 e. The van der Waals surface area contributed by atoms with E-state index >= 15 is 0 Å². The number of halogens is 1. The van der Waals surface area contributed by atoms with Gasteiger partial charge in [-0.05, 0) is 74.9 Å². The van der Waals surface area contributed by atoms with Gasteiger partial charge in [-0.1, -0.05) is 24.3 Å². The van der Waals surface area contributed by atoms with E-state index in [4.69, 9.17) is 9.15 Å². The van der Waals surface area contributed by atoms with Crippen molar-refractivity contribution in [1.29, 1.82) is 0 Å². The molecule has 0 saturated carbocycles. The summed E-state index contributed by atoms with van der Waals surface area (Å²) >= 11 is 0. The van der Waals surface area contributed by atoms with E-state index in [0.717, 1.165) is 27.7 Å². The molecule has 8 nitrogen and oxygen atoms in total. The van der Waals surface area contributed by atoms with Crippen LogP contribution in [0.1, 0.15) is 36.7 Å². The topological polar surface area (TPSA) is 113 Å². The van der Waals surface area contributed by atoms with Crippen LogP contribution in [0.3, 0.4) is 0 Å². The van der Waals surface area contributed by atoms with Crippen LogP contribution in [0, 0.1) is 5.82 Å². The maximum atomic E-state index is 13.7. The first-order valence-corrected chi connectivity index (χ1v) is 16.2. The number of fused-ring (bicyclic) bond motifs is 6. The molecule has 3 heterocycles. The van der Waals surface area contributed by atoms with E-state index in [0.29, 0.717) is 39.1 Å². The number of furan rings is 1. The lowest BCUT2D eigenvalue weighted by molar-refractivity contribution is 0.0964. The van der Waals surface area contributed by atoms with E-state index < -0.39 is 27.3 Å². The molecule has 45 heavy (non-hydrogen) atoms. The third kappa shape index (κ3) is 4.73. The third-order valence-electron chi connectivity index (χ3n) is 8.27. The summed E-state index contributed by atoms with van der Waals surface area (Å²) in [5.41, 5.74) is 5.76. The highest BCUT2D eigenvalue weighted by Crippen LogP contribution is 2.50. The number of ether oxygens (including phenoxy) is 1. The highest BCUT2D eigenvalue weighted by molar-refractivity contribution is 7.92. The number of nitrogens with one attached hydrogen (secondary N) is 3. The highest BCUT2D eigenvalue weighted by atomic mass is 32.2. The summed E-state index contributed by atoms with van der Waals surface area (Å²) in [6.45, 7) is 5.62. The molecule has 1 aliphatic heterocycles. The summed E-state index contributed by atoms with van der Waals surface area (Å²) in [5, 5.41) is 4.21. The number of carbonyl (C=O) groups is 1. The molecule has 0 spiro atoms. The zero-order valence-corrected chi connectivity index (χ0v) is 25.9. The van der Waals surface area contributed by atoms with Gasteiger partial charge in [-0.2, -0.15) is 0 Å². The molecule has 4 aromatic carbocycles. The lowest BCUT2D eigenvalue weighted by Gasteiger charge is -2.33. The van der Waals surface area contributed by atoms with Gasteiger partial charge in [-0.25, -0.2) is 12.8 Å². The first-order valence-electron chi connectivity index (χ1n) is 14.5. The molecule has 7 rings (SSSR count). The van der Waals surface area contributed by atoms with Crippen LogP contribution in [0.4, 0.5) is 10.1 Å². The molecule has 2 aromatic heterocycles. The van der Waals surface area contributed by atoms with Crippen LogP contribution in [0.2, 0.25) is 0 Å². The molecule has 0 saturated heterocycles. The smallest absolute Gasteiger partial charge is 0.255 e. The molecular formula is C35H30FN3O5S. The molecule has 0 bridgehead atoms. The average Bonchev–Trinajstić information content (AvgIpc) is 3.60. The summed E-state index contributed by atoms with van der Waals surface area (Å²) < 4.78 is 54.9. The second-order valence-electron chi connectivity index (χ2n) is 11.5. The molecule has 1 amide bonds. The number of aromatic nitrogens is 1. The predicted octanol–water partition coefficient (Wildman–Crippen LogP) is 7.80. The average molecular weight is 624 g/mol. The van der Waals surface area contributed by atoms with Crippen molar-refractivity contribution in [3.8, 4) is 39.5 Å². The number of amides is 1. The Bertz CT molecular complexity index is 2270. The number of carbonyl (C=O) groups excluding carboxylic acids is 1. The number of sulfonamides is 1. The zero-order chi connectivity index (χ0) is 31.7. The number of hydrogen-bond donors (Lipinski definition) is 3. The van der Waals surface area contributed by atoms with Gasteiger partial charge in [0, 0.05) is 51.7 Å². The van der Waals surface area contributed by atoms with Crippen molar-refractivity contribution in [2.75, 3.05) is 17.5 Å². The normalized spacial score (nSPS) is 13.7. The Morgan fingerprint density at radius 1 is 0.933 bits per heavy atom. The fourth-order valence-corrected chi connectivity index (χ4v) is 6.79. The van der Waals surface area contributed by atoms with Gasteiger partial charge in [0.2, 0.25) is 10.0 Å². The van der Waals surface area contributed by atoms with Crippen molar-refractivity contribution in [2.24, 2.45) is 0 Å². The van der Waals surface area contributed by atoms with Crippen molar-refractivity contribution in [1.82, 2.24) is 10.3 Å². The van der Waals surface area contributed by atoms with Crippen LogP contribution in [0.5, 0.6) is 5.75 Å². The van der Waals surface area contributed by atoms with Crippen molar-refractivity contribution in [2.45, 2.75) is 26.4 Å². The Balaban J connectivity index is 1.49. The van der Waals surface area contributed by atoms with E-state index in [-0.39, 0.29) is 17.1 Å². The highest BCUT2D eigenvalue weighted by Gasteiger charge is 2.36. The van der Waals surface area contributed by atoms with Gasteiger partial charge >= 0.3 is 0 Å². The Morgan fingerprint density at radius 3 is 2.40 bits per heavy atom. The summed E-state index contributed by atoms with van der Waals surface area (Å²) in [5.74, 6) is -0.0296. The van der Waals surface area contributed by atoms with E-state index in [1.807, 2.05) is 50.2 Å². The maximum absolute atomic E-state index is 13.7. The van der Waals surface area contributed by atoms with Crippen LogP contribution >= 0.6 is 0 Å². The van der Waals surface area contributed by atoms with Gasteiger partial charge in [-0.15, -0.1) is 0 Å². The number of benzene rings is 4. The molecular weight excluding hydrogens is 593 g/mol. The standard InChI is InChI=1S/C35H30FN3O5S/c1-5-45(41,42)39-27-18-29-24(30(34(40)37-4)33(43-29)19-10-13-21(36)14-11-19)17-23(27)20-12-15-28-25(16-20)32-31(35(2,3)44-28)22-8-6-7-9-26(22)38-32/h6-18,38-39H,5H2,1-4H3,(H,37,40). The number of H-pyrrole nitrogens is 1. The summed E-state index contributed by atoms with van der Waals surface area (Å²) in [4.78, 5) is 16.8. The van der Waals surface area contributed by atoms with Gasteiger partial charge in [0.05, 0.1) is 22.7 Å². The monoisotopic (exact) mass is 623 g/mol. The molecule has 3 N–H and O–H groups in total. The van der Waals surface area contributed by atoms with Gasteiger partial charge < -0.3 is 19.5 Å². The van der Waals surface area contributed by atoms with E-state index in [1.165, 1.54) is 31.3 Å². The van der Waals surface area contributed by atoms with Crippen LogP contribution in [0.25, 0.3) is 55.6 Å². The van der Waals surface area contributed by atoms with Crippen molar-refractivity contribution < 1.29 is 26.8 Å². The molecule has 0 unspecified atom stereocenters. The Hall–Kier alpha value is -5.09. The molecule has 0 aliphatic carbocycles. The number of aromatic amines is 1. The fourth-order valence-electron chi connectivity index (χ4n) is 6.14. The second-order valence-corrected chi connectivity index (χ2v) is 13.5. The Labute approximate surface area is 259 Å². The molecule has 1 aliphatic rings. The van der Waals surface area contributed by atoms with Gasteiger partial charge in [-0.3, -0.25) is 9.52 Å². The lowest BCUT2D eigenvalue weighted by atomic mass is 9.88.